The standard InChI is InChI=1S/C16H18N2O2S/c1-11(19)14-15(18-7-9-20-10-8-18)12-5-3-4-6-13(12)17-16(14)21-2/h3-6H,7-10H2,1-2H3. The number of Topliss-reactive ketones (excluding diaryl/α,β-unsaturated/α-hetero) is 1. The van der Waals surface area contributed by atoms with Crippen LogP contribution < -0.4 is 4.90 Å². The van der Waals surface area contributed by atoms with Crippen LogP contribution in [0.15, 0.2) is 29.3 Å². The number of anilines is 1. The van der Waals surface area contributed by atoms with Gasteiger partial charge in [0.05, 0.1) is 30.0 Å². The maximum absolute atomic E-state index is 12.2. The van der Waals surface area contributed by atoms with Crippen molar-refractivity contribution in [2.45, 2.75) is 11.9 Å². The van der Waals surface area contributed by atoms with E-state index in [2.05, 4.69) is 9.88 Å². The van der Waals surface area contributed by atoms with E-state index in [4.69, 9.17) is 4.74 Å². The average molecular weight is 302 g/mol. The van der Waals surface area contributed by atoms with Gasteiger partial charge >= 0.3 is 0 Å². The van der Waals surface area contributed by atoms with Crippen LogP contribution in [0.3, 0.4) is 0 Å². The van der Waals surface area contributed by atoms with Crippen molar-refractivity contribution in [3.05, 3.63) is 29.8 Å². The lowest BCUT2D eigenvalue weighted by Crippen LogP contribution is -2.37. The van der Waals surface area contributed by atoms with Gasteiger partial charge in [0.1, 0.15) is 5.03 Å². The minimum absolute atomic E-state index is 0.0686. The predicted octanol–water partition coefficient (Wildman–Crippen LogP) is 3.00. The van der Waals surface area contributed by atoms with Crippen LogP contribution in [0.5, 0.6) is 0 Å². The number of fused-ring (bicyclic) bond motifs is 1. The van der Waals surface area contributed by atoms with Crippen LogP contribution in [0.25, 0.3) is 10.9 Å². The Hall–Kier alpha value is -1.59. The number of ether oxygens (including phenoxy) is 1. The zero-order valence-corrected chi connectivity index (χ0v) is 13.1. The molecule has 0 aliphatic carbocycles. The number of aromatic nitrogens is 1. The first kappa shape index (κ1) is 14.4. The second kappa shape index (κ2) is 6.03. The zero-order valence-electron chi connectivity index (χ0n) is 12.3. The normalized spacial score (nSPS) is 15.4. The van der Waals surface area contributed by atoms with Crippen molar-refractivity contribution >= 4 is 34.1 Å². The molecule has 5 heteroatoms. The largest absolute Gasteiger partial charge is 0.378 e. The highest BCUT2D eigenvalue weighted by Crippen LogP contribution is 2.36. The monoisotopic (exact) mass is 302 g/mol. The van der Waals surface area contributed by atoms with Gasteiger partial charge < -0.3 is 9.64 Å². The summed E-state index contributed by atoms with van der Waals surface area (Å²) < 4.78 is 5.44. The molecule has 1 aromatic carbocycles. The van der Waals surface area contributed by atoms with Crippen molar-refractivity contribution in [1.29, 1.82) is 0 Å². The molecule has 4 nitrogen and oxygen atoms in total. The summed E-state index contributed by atoms with van der Waals surface area (Å²) in [5.74, 6) is 0.0686. The Kier molecular flexibility index (Phi) is 4.12. The van der Waals surface area contributed by atoms with Crippen molar-refractivity contribution in [1.82, 2.24) is 4.98 Å². The van der Waals surface area contributed by atoms with E-state index in [1.807, 2.05) is 30.5 Å². The molecule has 0 saturated carbocycles. The number of thioether (sulfide) groups is 1. The lowest BCUT2D eigenvalue weighted by Gasteiger charge is -2.31. The maximum atomic E-state index is 12.2. The van der Waals surface area contributed by atoms with Gasteiger partial charge in [-0.25, -0.2) is 4.98 Å². The van der Waals surface area contributed by atoms with Gasteiger partial charge in [0.15, 0.2) is 5.78 Å². The molecule has 1 aliphatic rings. The summed E-state index contributed by atoms with van der Waals surface area (Å²) in [6, 6.07) is 8.03. The van der Waals surface area contributed by atoms with Crippen LogP contribution in [0.1, 0.15) is 17.3 Å². The van der Waals surface area contributed by atoms with Gasteiger partial charge in [-0.1, -0.05) is 18.2 Å². The van der Waals surface area contributed by atoms with Crippen LogP contribution in [0.2, 0.25) is 0 Å². The molecule has 21 heavy (non-hydrogen) atoms. The molecule has 1 aromatic heterocycles. The number of nitrogens with zero attached hydrogens (tertiary/aromatic N) is 2. The molecule has 3 rings (SSSR count). The van der Waals surface area contributed by atoms with Gasteiger partial charge in [-0.15, -0.1) is 11.8 Å². The number of pyridine rings is 1. The third-order valence-corrected chi connectivity index (χ3v) is 4.39. The highest BCUT2D eigenvalue weighted by molar-refractivity contribution is 7.98. The molecule has 2 aromatic rings. The Morgan fingerprint density at radius 1 is 1.29 bits per heavy atom. The molecule has 1 aliphatic heterocycles. The van der Waals surface area contributed by atoms with E-state index < -0.39 is 0 Å². The number of benzene rings is 1. The topological polar surface area (TPSA) is 42.4 Å². The first-order chi connectivity index (χ1) is 10.2. The molecule has 0 unspecified atom stereocenters. The maximum Gasteiger partial charge on any atom is 0.164 e. The Balaban J connectivity index is 2.30. The molecule has 1 saturated heterocycles. The smallest absolute Gasteiger partial charge is 0.164 e. The van der Waals surface area contributed by atoms with E-state index >= 15 is 0 Å². The van der Waals surface area contributed by atoms with E-state index in [0.29, 0.717) is 13.2 Å². The van der Waals surface area contributed by atoms with Crippen LogP contribution in [0, 0.1) is 0 Å². The third-order valence-electron chi connectivity index (χ3n) is 3.70. The van der Waals surface area contributed by atoms with Gasteiger partial charge in [-0.3, -0.25) is 4.79 Å². The molecule has 0 N–H and O–H groups in total. The first-order valence-corrected chi connectivity index (χ1v) is 8.25. The SMILES string of the molecule is CSc1nc2ccccc2c(N2CCOCC2)c1C(C)=O. The fraction of sp³-hybridized carbons (Fsp3) is 0.375. The van der Waals surface area contributed by atoms with Crippen molar-refractivity contribution < 1.29 is 9.53 Å². The lowest BCUT2D eigenvalue weighted by atomic mass is 10.0. The highest BCUT2D eigenvalue weighted by atomic mass is 32.2. The van der Waals surface area contributed by atoms with Crippen LogP contribution in [-0.2, 0) is 4.74 Å². The summed E-state index contributed by atoms with van der Waals surface area (Å²) in [6.45, 7) is 4.63. The minimum atomic E-state index is 0.0686. The van der Waals surface area contributed by atoms with Gasteiger partial charge in [-0.2, -0.15) is 0 Å². The summed E-state index contributed by atoms with van der Waals surface area (Å²) in [6.07, 6.45) is 1.96. The summed E-state index contributed by atoms with van der Waals surface area (Å²) in [4.78, 5) is 19.1. The molecular formula is C16H18N2O2S. The van der Waals surface area contributed by atoms with Gasteiger partial charge in [0, 0.05) is 18.5 Å². The number of para-hydroxylation sites is 1. The number of morpholine rings is 1. The quantitative estimate of drug-likeness (QED) is 0.644. The number of carbonyl (C=O) groups excluding carboxylic acids is 1. The number of ketones is 1. The molecule has 1 fully saturated rings. The zero-order chi connectivity index (χ0) is 14.8. The second-order valence-electron chi connectivity index (χ2n) is 5.02. The molecule has 2 heterocycles. The van der Waals surface area contributed by atoms with E-state index in [1.165, 1.54) is 11.8 Å². The van der Waals surface area contributed by atoms with Crippen LogP contribution in [0.4, 0.5) is 5.69 Å². The number of hydrogen-bond donors (Lipinski definition) is 0. The number of rotatable bonds is 3. The Morgan fingerprint density at radius 2 is 2.00 bits per heavy atom. The Morgan fingerprint density at radius 3 is 2.67 bits per heavy atom. The first-order valence-electron chi connectivity index (χ1n) is 7.02. The minimum Gasteiger partial charge on any atom is -0.378 e. The summed E-state index contributed by atoms with van der Waals surface area (Å²) in [5, 5.41) is 1.85. The summed E-state index contributed by atoms with van der Waals surface area (Å²) >= 11 is 1.53. The molecule has 0 amide bonds. The van der Waals surface area contributed by atoms with Gasteiger partial charge in [-0.05, 0) is 19.2 Å². The predicted molar refractivity (Wildman–Crippen MR) is 86.6 cm³/mol. The van der Waals surface area contributed by atoms with Crippen molar-refractivity contribution in [2.24, 2.45) is 0 Å². The Bertz CT molecular complexity index is 681. The fourth-order valence-electron chi connectivity index (χ4n) is 2.75. The van der Waals surface area contributed by atoms with E-state index in [9.17, 15) is 4.79 Å². The van der Waals surface area contributed by atoms with Crippen molar-refractivity contribution in [3.8, 4) is 0 Å². The Labute approximate surface area is 128 Å². The van der Waals surface area contributed by atoms with E-state index in [1.54, 1.807) is 6.92 Å². The van der Waals surface area contributed by atoms with E-state index in [0.717, 1.165) is 40.3 Å². The van der Waals surface area contributed by atoms with Crippen molar-refractivity contribution in [3.63, 3.8) is 0 Å². The average Bonchev–Trinajstić information content (AvgIpc) is 2.53. The molecule has 0 radical (unpaired) electrons. The van der Waals surface area contributed by atoms with Crippen LogP contribution in [-0.4, -0.2) is 43.3 Å². The van der Waals surface area contributed by atoms with Gasteiger partial charge in [0.2, 0.25) is 0 Å². The summed E-state index contributed by atoms with van der Waals surface area (Å²) in [5.41, 5.74) is 2.69. The summed E-state index contributed by atoms with van der Waals surface area (Å²) in [7, 11) is 0. The van der Waals surface area contributed by atoms with E-state index in [-0.39, 0.29) is 5.78 Å². The van der Waals surface area contributed by atoms with Crippen LogP contribution >= 0.6 is 11.8 Å². The number of carbonyl (C=O) groups is 1. The molecule has 110 valence electrons. The third kappa shape index (κ3) is 2.63. The second-order valence-corrected chi connectivity index (χ2v) is 5.81. The molecule has 0 atom stereocenters. The molecule has 0 spiro atoms. The molecular weight excluding hydrogens is 284 g/mol. The number of hydrogen-bond acceptors (Lipinski definition) is 5. The highest BCUT2D eigenvalue weighted by Gasteiger charge is 2.23. The van der Waals surface area contributed by atoms with Gasteiger partial charge in [0.25, 0.3) is 0 Å². The fourth-order valence-corrected chi connectivity index (χ4v) is 3.39. The molecule has 0 bridgehead atoms. The lowest BCUT2D eigenvalue weighted by molar-refractivity contribution is 0.101. The van der Waals surface area contributed by atoms with Crippen molar-refractivity contribution in [2.75, 3.05) is 37.5 Å².